The minimum atomic E-state index is -4.48. The lowest BCUT2D eigenvalue weighted by atomic mass is 9.83. The predicted octanol–water partition coefficient (Wildman–Crippen LogP) is 2.71. The van der Waals surface area contributed by atoms with E-state index in [1.54, 1.807) is 57.2 Å². The first-order valence-corrected chi connectivity index (χ1v) is 17.4. The van der Waals surface area contributed by atoms with Crippen LogP contribution >= 0.6 is 0 Å². The first kappa shape index (κ1) is 30.3. The second kappa shape index (κ2) is 11.0. The highest BCUT2D eigenvalue weighted by molar-refractivity contribution is 7.87. The Morgan fingerprint density at radius 3 is 0.907 bits per heavy atom. The summed E-state index contributed by atoms with van der Waals surface area (Å²) in [6, 6.07) is 17.5. The van der Waals surface area contributed by atoms with Crippen LogP contribution in [0.15, 0.2) is 87.5 Å². The van der Waals surface area contributed by atoms with Gasteiger partial charge < -0.3 is 14.2 Å². The Morgan fingerprint density at radius 2 is 0.674 bits per heavy atom. The molecular weight excluding hydrogens is 624 g/mol. The number of aryl methyl sites for hydroxylation is 3. The molecule has 0 atom stereocenters. The van der Waals surface area contributed by atoms with E-state index in [0.29, 0.717) is 0 Å². The monoisotopic (exact) mass is 652 g/mol. The zero-order chi connectivity index (χ0) is 30.7. The summed E-state index contributed by atoms with van der Waals surface area (Å²) >= 11 is 0. The molecule has 4 fully saturated rings. The van der Waals surface area contributed by atoms with E-state index in [0.717, 1.165) is 16.7 Å². The van der Waals surface area contributed by atoms with E-state index in [2.05, 4.69) is 0 Å². The fourth-order valence-electron chi connectivity index (χ4n) is 5.12. The third-order valence-electron chi connectivity index (χ3n) is 7.39. The molecule has 1 aliphatic carbocycles. The summed E-state index contributed by atoms with van der Waals surface area (Å²) in [5.74, 6) is 0. The van der Waals surface area contributed by atoms with Gasteiger partial charge in [0.05, 0.1) is 14.7 Å². The first-order chi connectivity index (χ1) is 20.2. The Morgan fingerprint density at radius 1 is 0.442 bits per heavy atom. The molecule has 3 heterocycles. The van der Waals surface area contributed by atoms with Gasteiger partial charge in [0.25, 0.3) is 36.8 Å². The molecule has 15 heteroatoms. The quantitative estimate of drug-likeness (QED) is 0.312. The highest BCUT2D eigenvalue weighted by atomic mass is 32.2. The number of rotatable bonds is 9. The van der Waals surface area contributed by atoms with Gasteiger partial charge in [0.2, 0.25) is 0 Å². The van der Waals surface area contributed by atoms with Crippen LogP contribution in [0.1, 0.15) is 16.7 Å². The second-order valence-corrected chi connectivity index (χ2v) is 15.3. The van der Waals surface area contributed by atoms with E-state index in [1.165, 1.54) is 36.4 Å². The van der Waals surface area contributed by atoms with Gasteiger partial charge in [-0.15, -0.1) is 0 Å². The predicted molar refractivity (Wildman–Crippen MR) is 148 cm³/mol. The SMILES string of the molecule is Cc1ccc(S(=O)(=O)OC2C3OC4OC2C(OS(=O)(=O)c2ccc(C)cc2)C(O4)C3OS(=O)(=O)c2ccc(C)cc2)cc1. The second-order valence-electron chi connectivity index (χ2n) is 10.6. The van der Waals surface area contributed by atoms with Gasteiger partial charge in [0.15, 0.2) is 0 Å². The Bertz CT molecular complexity index is 1590. The minimum absolute atomic E-state index is 0.183. The Balaban J connectivity index is 1.38. The van der Waals surface area contributed by atoms with Crippen LogP contribution in [0, 0.1) is 20.8 Å². The lowest BCUT2D eigenvalue weighted by Crippen LogP contribution is -2.76. The molecule has 0 radical (unpaired) electrons. The van der Waals surface area contributed by atoms with E-state index < -0.39 is 73.5 Å². The average Bonchev–Trinajstić information content (AvgIpc) is 2.94. The van der Waals surface area contributed by atoms with Crippen LogP contribution in [0.3, 0.4) is 0 Å². The maximum absolute atomic E-state index is 13.3. The van der Waals surface area contributed by atoms with Crippen LogP contribution in [0.25, 0.3) is 0 Å². The molecule has 3 saturated heterocycles. The van der Waals surface area contributed by atoms with Crippen LogP contribution in [0.4, 0.5) is 0 Å². The van der Waals surface area contributed by atoms with Crippen molar-refractivity contribution in [3.05, 3.63) is 89.5 Å². The van der Waals surface area contributed by atoms with Gasteiger partial charge in [-0.3, -0.25) is 12.5 Å². The topological polar surface area (TPSA) is 158 Å². The average molecular weight is 653 g/mol. The molecule has 0 spiro atoms. The molecule has 0 amide bonds. The normalized spacial score (nSPS) is 28.7. The minimum Gasteiger partial charge on any atom is -0.321 e. The molecule has 0 unspecified atom stereocenters. The maximum Gasteiger partial charge on any atom is 0.297 e. The zero-order valence-corrected chi connectivity index (χ0v) is 25.5. The highest BCUT2D eigenvalue weighted by Gasteiger charge is 2.66. The fraction of sp³-hybridized carbons (Fsp3) is 0.357. The molecule has 12 nitrogen and oxygen atoms in total. The molecule has 3 aliphatic heterocycles. The van der Waals surface area contributed by atoms with Gasteiger partial charge in [-0.05, 0) is 57.2 Å². The van der Waals surface area contributed by atoms with E-state index in [9.17, 15) is 25.3 Å². The van der Waals surface area contributed by atoms with Crippen molar-refractivity contribution in [1.82, 2.24) is 0 Å². The van der Waals surface area contributed by atoms with Crippen molar-refractivity contribution < 1.29 is 52.0 Å². The van der Waals surface area contributed by atoms with Crippen molar-refractivity contribution in [2.45, 2.75) is 78.6 Å². The third-order valence-corrected chi connectivity index (χ3v) is 11.4. The summed E-state index contributed by atoms with van der Waals surface area (Å²) in [4.78, 5) is -0.548. The number of ether oxygens (including phenoxy) is 3. The van der Waals surface area contributed by atoms with Crippen molar-refractivity contribution in [2.24, 2.45) is 0 Å². The van der Waals surface area contributed by atoms with E-state index in [-0.39, 0.29) is 14.7 Å². The van der Waals surface area contributed by atoms with Crippen LogP contribution < -0.4 is 0 Å². The third kappa shape index (κ3) is 5.89. The molecule has 43 heavy (non-hydrogen) atoms. The standard InChI is InChI=1S/C28H28O12S3/c1-16-4-10-19(11-5-16)41(29,30)38-25-22-26(39-42(31,32)20-12-6-17(2)7-13-20)24-27(23(25)36-28(35-22)37-24)40-43(33,34)21-14-8-18(3)9-15-21/h4-15,22-28H,1-3H3. The Labute approximate surface area is 249 Å². The number of hydrogen-bond acceptors (Lipinski definition) is 12. The van der Waals surface area contributed by atoms with Crippen molar-refractivity contribution in [3.8, 4) is 0 Å². The van der Waals surface area contributed by atoms with E-state index in [4.69, 9.17) is 26.8 Å². The van der Waals surface area contributed by atoms with Gasteiger partial charge in [0.1, 0.15) is 36.6 Å². The summed E-state index contributed by atoms with van der Waals surface area (Å²) in [5, 5.41) is 0. The van der Waals surface area contributed by atoms with Gasteiger partial charge in [-0.1, -0.05) is 53.1 Å². The maximum atomic E-state index is 13.3. The Kier molecular flexibility index (Phi) is 7.76. The van der Waals surface area contributed by atoms with Gasteiger partial charge >= 0.3 is 0 Å². The molecule has 7 rings (SSSR count). The van der Waals surface area contributed by atoms with Crippen LogP contribution in [-0.4, -0.2) is 68.4 Å². The van der Waals surface area contributed by atoms with Crippen molar-refractivity contribution >= 4 is 30.4 Å². The lowest BCUT2D eigenvalue weighted by molar-refractivity contribution is -0.473. The van der Waals surface area contributed by atoms with E-state index in [1.807, 2.05) is 0 Å². The van der Waals surface area contributed by atoms with Crippen LogP contribution in [-0.2, 0) is 57.1 Å². The van der Waals surface area contributed by atoms with Crippen LogP contribution in [0.2, 0.25) is 0 Å². The highest BCUT2D eigenvalue weighted by Crippen LogP contribution is 2.46. The van der Waals surface area contributed by atoms with Gasteiger partial charge in [0, 0.05) is 0 Å². The van der Waals surface area contributed by atoms with Crippen molar-refractivity contribution in [2.75, 3.05) is 0 Å². The van der Waals surface area contributed by atoms with E-state index >= 15 is 0 Å². The molecule has 4 aliphatic rings. The summed E-state index contributed by atoms with van der Waals surface area (Å²) in [5.41, 5.74) is 2.42. The first-order valence-electron chi connectivity index (χ1n) is 13.2. The molecule has 4 bridgehead atoms. The molecule has 230 valence electrons. The lowest BCUT2D eigenvalue weighted by Gasteiger charge is -2.57. The van der Waals surface area contributed by atoms with Crippen molar-refractivity contribution in [1.29, 1.82) is 0 Å². The zero-order valence-electron chi connectivity index (χ0n) is 23.1. The summed E-state index contributed by atoms with van der Waals surface area (Å²) in [6.07, 6.45) is -8.78. The molecule has 1 saturated carbocycles. The fourth-order valence-corrected chi connectivity index (χ4v) is 8.39. The molecule has 3 aromatic carbocycles. The van der Waals surface area contributed by atoms with Crippen molar-refractivity contribution in [3.63, 3.8) is 0 Å². The summed E-state index contributed by atoms with van der Waals surface area (Å²) in [6.45, 7) is 3.97. The molecule has 0 aromatic heterocycles. The largest absolute Gasteiger partial charge is 0.321 e. The summed E-state index contributed by atoms with van der Waals surface area (Å²) < 4.78 is 114. The molecular formula is C28H28O12S3. The smallest absolute Gasteiger partial charge is 0.297 e. The number of hydrogen-bond donors (Lipinski definition) is 0. The molecule has 3 aromatic rings. The van der Waals surface area contributed by atoms with Crippen LogP contribution in [0.5, 0.6) is 0 Å². The summed E-state index contributed by atoms with van der Waals surface area (Å²) in [7, 11) is -13.4. The Hall–Kier alpha value is -2.73. The molecule has 0 N–H and O–H groups in total. The number of benzene rings is 3. The van der Waals surface area contributed by atoms with Gasteiger partial charge in [-0.2, -0.15) is 25.3 Å². The van der Waals surface area contributed by atoms with Gasteiger partial charge in [-0.25, -0.2) is 0 Å².